The maximum Gasteiger partial charge on any atom is 0.412 e. The molecule has 0 unspecified atom stereocenters. The van der Waals surface area contributed by atoms with E-state index >= 15 is 0 Å². The monoisotopic (exact) mass is 314 g/mol. The molecule has 2 aromatic carbocycles. The first-order valence-corrected chi connectivity index (χ1v) is 7.40. The second kappa shape index (κ2) is 7.05. The Morgan fingerprint density at radius 1 is 1.13 bits per heavy atom. The molecule has 0 aliphatic carbocycles. The minimum Gasteiger partial charge on any atom is -0.487 e. The first-order chi connectivity index (χ1) is 10.8. The van der Waals surface area contributed by atoms with Crippen LogP contribution in [0, 0.1) is 0 Å². The highest BCUT2D eigenvalue weighted by molar-refractivity contribution is 5.85. The van der Waals surface area contributed by atoms with Crippen molar-refractivity contribution in [3.63, 3.8) is 0 Å². The van der Waals surface area contributed by atoms with E-state index in [1.54, 1.807) is 18.2 Å². The molecule has 0 atom stereocenters. The van der Waals surface area contributed by atoms with Gasteiger partial charge < -0.3 is 15.2 Å². The van der Waals surface area contributed by atoms with Gasteiger partial charge in [-0.25, -0.2) is 4.79 Å². The summed E-state index contributed by atoms with van der Waals surface area (Å²) in [5.41, 5.74) is 7.48. The van der Waals surface area contributed by atoms with Crippen LogP contribution in [0.15, 0.2) is 48.5 Å². The molecule has 0 aliphatic heterocycles. The van der Waals surface area contributed by atoms with Crippen LogP contribution in [0.3, 0.4) is 0 Å². The quantitative estimate of drug-likeness (QED) is 0.830. The van der Waals surface area contributed by atoms with E-state index in [1.807, 2.05) is 51.1 Å². The number of nitrogens with two attached hydrogens (primary N) is 1. The van der Waals surface area contributed by atoms with E-state index in [0.717, 1.165) is 5.56 Å². The van der Waals surface area contributed by atoms with Crippen molar-refractivity contribution in [3.05, 3.63) is 54.1 Å². The van der Waals surface area contributed by atoms with Gasteiger partial charge in [0, 0.05) is 11.8 Å². The van der Waals surface area contributed by atoms with Gasteiger partial charge in [0.05, 0.1) is 5.69 Å². The summed E-state index contributed by atoms with van der Waals surface area (Å²) in [5, 5.41) is 2.67. The van der Waals surface area contributed by atoms with E-state index in [9.17, 15) is 4.79 Å². The summed E-state index contributed by atoms with van der Waals surface area (Å²) in [5.74, 6) is 0.516. The fraction of sp³-hybridized carbons (Fsp3) is 0.278. The number of amides is 1. The Morgan fingerprint density at radius 3 is 2.48 bits per heavy atom. The van der Waals surface area contributed by atoms with Gasteiger partial charge in [0.2, 0.25) is 0 Å². The highest BCUT2D eigenvalue weighted by atomic mass is 16.6. The molecular weight excluding hydrogens is 292 g/mol. The second-order valence-corrected chi connectivity index (χ2v) is 6.15. The van der Waals surface area contributed by atoms with Crippen molar-refractivity contribution in [1.29, 1.82) is 0 Å². The van der Waals surface area contributed by atoms with Crippen molar-refractivity contribution in [2.45, 2.75) is 33.0 Å². The largest absolute Gasteiger partial charge is 0.487 e. The Kier molecular flexibility index (Phi) is 5.11. The molecule has 0 aliphatic rings. The summed E-state index contributed by atoms with van der Waals surface area (Å²) in [6.07, 6.45) is -0.517. The van der Waals surface area contributed by atoms with Crippen LogP contribution >= 0.6 is 0 Å². The Labute approximate surface area is 136 Å². The minimum atomic E-state index is -0.551. The molecule has 0 radical (unpaired) electrons. The lowest BCUT2D eigenvalue weighted by Crippen LogP contribution is -2.27. The Morgan fingerprint density at radius 2 is 1.83 bits per heavy atom. The molecule has 122 valence electrons. The number of ether oxygens (including phenoxy) is 2. The fourth-order valence-electron chi connectivity index (χ4n) is 1.89. The molecule has 0 heterocycles. The summed E-state index contributed by atoms with van der Waals surface area (Å²) in [7, 11) is 0. The number of rotatable bonds is 4. The zero-order chi connectivity index (χ0) is 16.9. The third-order valence-corrected chi connectivity index (χ3v) is 2.90. The van der Waals surface area contributed by atoms with E-state index in [4.69, 9.17) is 15.2 Å². The van der Waals surface area contributed by atoms with Gasteiger partial charge in [-0.1, -0.05) is 30.3 Å². The smallest absolute Gasteiger partial charge is 0.412 e. The second-order valence-electron chi connectivity index (χ2n) is 6.15. The van der Waals surface area contributed by atoms with Crippen LogP contribution < -0.4 is 15.8 Å². The van der Waals surface area contributed by atoms with Gasteiger partial charge in [-0.3, -0.25) is 5.32 Å². The molecule has 5 nitrogen and oxygen atoms in total. The molecule has 5 heteroatoms. The molecule has 3 N–H and O–H groups in total. The molecule has 1 amide bonds. The van der Waals surface area contributed by atoms with Crippen LogP contribution in [-0.2, 0) is 11.3 Å². The maximum atomic E-state index is 11.8. The van der Waals surface area contributed by atoms with Crippen molar-refractivity contribution < 1.29 is 14.3 Å². The van der Waals surface area contributed by atoms with E-state index < -0.39 is 11.7 Å². The maximum absolute atomic E-state index is 11.8. The van der Waals surface area contributed by atoms with Gasteiger partial charge in [0.25, 0.3) is 0 Å². The van der Waals surface area contributed by atoms with Crippen LogP contribution in [0.4, 0.5) is 16.2 Å². The number of carbonyl (C=O) groups excluding carboxylic acids is 1. The number of carbonyl (C=O) groups is 1. The molecule has 2 rings (SSSR count). The van der Waals surface area contributed by atoms with Crippen LogP contribution in [0.2, 0.25) is 0 Å². The predicted molar refractivity (Wildman–Crippen MR) is 91.5 cm³/mol. The number of anilines is 2. The zero-order valence-corrected chi connectivity index (χ0v) is 13.6. The summed E-state index contributed by atoms with van der Waals surface area (Å²) >= 11 is 0. The molecular formula is C18H22N2O3. The van der Waals surface area contributed by atoms with E-state index in [-0.39, 0.29) is 0 Å². The molecule has 0 spiro atoms. The van der Waals surface area contributed by atoms with Crippen LogP contribution in [-0.4, -0.2) is 11.7 Å². The highest BCUT2D eigenvalue weighted by Crippen LogP contribution is 2.26. The summed E-state index contributed by atoms with van der Waals surface area (Å²) in [6, 6.07) is 14.9. The molecule has 0 aromatic heterocycles. The number of benzene rings is 2. The number of hydrogen-bond donors (Lipinski definition) is 2. The SMILES string of the molecule is CC(C)(C)OC(=O)Nc1ccc(N)c(OCc2ccccc2)c1. The summed E-state index contributed by atoms with van der Waals surface area (Å²) < 4.78 is 10.9. The van der Waals surface area contributed by atoms with Gasteiger partial charge in [-0.2, -0.15) is 0 Å². The van der Waals surface area contributed by atoms with Crippen molar-refractivity contribution in [2.75, 3.05) is 11.1 Å². The fourth-order valence-corrected chi connectivity index (χ4v) is 1.89. The molecule has 23 heavy (non-hydrogen) atoms. The predicted octanol–water partition coefficient (Wildman–Crippen LogP) is 4.19. The number of hydrogen-bond acceptors (Lipinski definition) is 4. The average Bonchev–Trinajstić information content (AvgIpc) is 2.47. The van der Waals surface area contributed by atoms with Crippen LogP contribution in [0.5, 0.6) is 5.75 Å². The molecule has 0 fully saturated rings. The van der Waals surface area contributed by atoms with Crippen molar-refractivity contribution in [2.24, 2.45) is 0 Å². The molecule has 2 aromatic rings. The summed E-state index contributed by atoms with van der Waals surface area (Å²) in [4.78, 5) is 11.8. The van der Waals surface area contributed by atoms with Crippen molar-refractivity contribution in [3.8, 4) is 5.75 Å². The van der Waals surface area contributed by atoms with Gasteiger partial charge in [-0.15, -0.1) is 0 Å². The van der Waals surface area contributed by atoms with E-state index in [0.29, 0.717) is 23.7 Å². The van der Waals surface area contributed by atoms with E-state index in [2.05, 4.69) is 5.32 Å². The Hall–Kier alpha value is -2.69. The zero-order valence-electron chi connectivity index (χ0n) is 13.6. The molecule has 0 saturated carbocycles. The standard InChI is InChI=1S/C18H22N2O3/c1-18(2,3)23-17(21)20-14-9-10-15(19)16(11-14)22-12-13-7-5-4-6-8-13/h4-11H,12,19H2,1-3H3,(H,20,21). The summed E-state index contributed by atoms with van der Waals surface area (Å²) in [6.45, 7) is 5.83. The topological polar surface area (TPSA) is 73.6 Å². The van der Waals surface area contributed by atoms with Gasteiger partial charge in [0.1, 0.15) is 18.0 Å². The number of nitrogen functional groups attached to an aromatic ring is 1. The first-order valence-electron chi connectivity index (χ1n) is 7.40. The third kappa shape index (κ3) is 5.54. The van der Waals surface area contributed by atoms with Crippen molar-refractivity contribution >= 4 is 17.5 Å². The lowest BCUT2D eigenvalue weighted by Gasteiger charge is -2.20. The van der Waals surface area contributed by atoms with Crippen LogP contribution in [0.1, 0.15) is 26.3 Å². The van der Waals surface area contributed by atoms with Crippen molar-refractivity contribution in [1.82, 2.24) is 0 Å². The molecule has 0 bridgehead atoms. The minimum absolute atomic E-state index is 0.404. The lowest BCUT2D eigenvalue weighted by molar-refractivity contribution is 0.0636. The van der Waals surface area contributed by atoms with Gasteiger partial charge >= 0.3 is 6.09 Å². The molecule has 0 saturated heterocycles. The number of nitrogens with one attached hydrogen (secondary N) is 1. The normalized spacial score (nSPS) is 10.9. The van der Waals surface area contributed by atoms with Gasteiger partial charge in [-0.05, 0) is 38.5 Å². The average molecular weight is 314 g/mol. The Balaban J connectivity index is 2.02. The Bertz CT molecular complexity index is 664. The lowest BCUT2D eigenvalue weighted by atomic mass is 10.2. The third-order valence-electron chi connectivity index (χ3n) is 2.90. The first kappa shape index (κ1) is 16.7. The van der Waals surface area contributed by atoms with Gasteiger partial charge in [0.15, 0.2) is 0 Å². The highest BCUT2D eigenvalue weighted by Gasteiger charge is 2.16. The van der Waals surface area contributed by atoms with E-state index in [1.165, 1.54) is 0 Å². The van der Waals surface area contributed by atoms with Crippen LogP contribution in [0.25, 0.3) is 0 Å².